The monoisotopic (exact) mass is 94.0 g/mol. The Kier molecular flexibility index (Phi) is 3.09. The summed E-state index contributed by atoms with van der Waals surface area (Å²) in [6, 6.07) is 0. The second-order valence-electron chi connectivity index (χ2n) is 1.39. The van der Waals surface area contributed by atoms with E-state index in [0.717, 1.165) is 19.3 Å². The van der Waals surface area contributed by atoms with E-state index in [1.807, 2.05) is 0 Å². The van der Waals surface area contributed by atoms with Gasteiger partial charge >= 0.3 is 29.6 Å². The molecular weight excluding hydrogens is 87.0 g/mol. The molecule has 6 heavy (non-hydrogen) atoms. The molecule has 0 bridgehead atoms. The van der Waals surface area contributed by atoms with Crippen molar-refractivity contribution in [1.82, 2.24) is 0 Å². The molecule has 0 aromatic carbocycles. The van der Waals surface area contributed by atoms with Crippen molar-refractivity contribution in [2.75, 3.05) is 0 Å². The summed E-state index contributed by atoms with van der Waals surface area (Å²) in [4.78, 5) is 9.90. The van der Waals surface area contributed by atoms with Crippen molar-refractivity contribution in [2.24, 2.45) is 0 Å². The molecule has 0 spiro atoms. The van der Waals surface area contributed by atoms with Crippen molar-refractivity contribution in [2.45, 2.75) is 19.3 Å². The van der Waals surface area contributed by atoms with Crippen LogP contribution in [0, 0.1) is 0 Å². The Morgan fingerprint density at radius 3 is 1.83 bits per heavy atom. The minimum absolute atomic E-state index is 0. The molecule has 1 aliphatic carbocycles. The van der Waals surface area contributed by atoms with Crippen molar-refractivity contribution in [3.05, 3.63) is 0 Å². The molecule has 1 aliphatic rings. The van der Waals surface area contributed by atoms with Gasteiger partial charge in [-0.2, -0.15) is 0 Å². The summed E-state index contributed by atoms with van der Waals surface area (Å²) in [7, 11) is 0. The molecule has 0 heterocycles. The maximum atomic E-state index is 9.90. The molecule has 0 saturated heterocycles. The second-order valence-corrected chi connectivity index (χ2v) is 1.39. The molecule has 1 saturated carbocycles. The first-order valence-corrected chi connectivity index (χ1v) is 1.91. The van der Waals surface area contributed by atoms with Gasteiger partial charge in [-0.15, -0.1) is 0 Å². The Bertz CT molecular complexity index is 58.7. The van der Waals surface area contributed by atoms with E-state index in [9.17, 15) is 4.79 Å². The summed E-state index contributed by atoms with van der Waals surface area (Å²) >= 11 is 0. The van der Waals surface area contributed by atoms with Crippen LogP contribution in [0.2, 0.25) is 0 Å². The molecule has 0 radical (unpaired) electrons. The zero-order valence-electron chi connectivity index (χ0n) is 5.03. The Labute approximate surface area is 60.9 Å². The van der Waals surface area contributed by atoms with Gasteiger partial charge in [0, 0.05) is 12.8 Å². The predicted molar refractivity (Wildman–Crippen MR) is 20.0 cm³/mol. The molecular formula is C4H7NaO. The Hall–Kier alpha value is 0.670. The zero-order valence-corrected chi connectivity index (χ0v) is 6.03. The minimum Gasteiger partial charge on any atom is -1.00 e. The fourth-order valence-corrected chi connectivity index (χ4v) is 0.321. The fourth-order valence-electron chi connectivity index (χ4n) is 0.321. The quantitative estimate of drug-likeness (QED) is 0.313. The molecule has 1 nitrogen and oxygen atoms in total. The van der Waals surface area contributed by atoms with E-state index in [4.69, 9.17) is 0 Å². The van der Waals surface area contributed by atoms with Gasteiger partial charge < -0.3 is 1.43 Å². The first-order chi connectivity index (χ1) is 2.39. The van der Waals surface area contributed by atoms with Gasteiger partial charge in [0.1, 0.15) is 5.78 Å². The van der Waals surface area contributed by atoms with Crippen LogP contribution in [0.1, 0.15) is 20.7 Å². The third-order valence-electron chi connectivity index (χ3n) is 0.911. The summed E-state index contributed by atoms with van der Waals surface area (Å²) in [5.74, 6) is 0.435. The van der Waals surface area contributed by atoms with Crippen LogP contribution in [0.3, 0.4) is 0 Å². The third-order valence-corrected chi connectivity index (χ3v) is 0.911. The van der Waals surface area contributed by atoms with Gasteiger partial charge in [-0.25, -0.2) is 0 Å². The Morgan fingerprint density at radius 1 is 1.50 bits per heavy atom. The number of hydrogen-bond donors (Lipinski definition) is 0. The van der Waals surface area contributed by atoms with Crippen molar-refractivity contribution < 1.29 is 35.8 Å². The molecule has 0 aliphatic heterocycles. The van der Waals surface area contributed by atoms with Crippen LogP contribution in [-0.2, 0) is 4.79 Å². The molecule has 1 fully saturated rings. The van der Waals surface area contributed by atoms with Crippen molar-refractivity contribution >= 4 is 5.78 Å². The molecule has 0 atom stereocenters. The van der Waals surface area contributed by atoms with E-state index in [1.165, 1.54) is 0 Å². The minimum atomic E-state index is 0. The second kappa shape index (κ2) is 2.78. The van der Waals surface area contributed by atoms with Crippen LogP contribution >= 0.6 is 0 Å². The van der Waals surface area contributed by atoms with E-state index >= 15 is 0 Å². The van der Waals surface area contributed by atoms with Gasteiger partial charge in [0.15, 0.2) is 0 Å². The van der Waals surface area contributed by atoms with Gasteiger partial charge in [0.05, 0.1) is 0 Å². The first kappa shape index (κ1) is 6.67. The topological polar surface area (TPSA) is 17.1 Å². The molecule has 2 heteroatoms. The van der Waals surface area contributed by atoms with Gasteiger partial charge in [-0.3, -0.25) is 4.79 Å². The smallest absolute Gasteiger partial charge is 1.00 e. The standard InChI is InChI=1S/C4H6O.Na.H/c5-4-2-1-3-4;;/h1-3H2;;/q;+1;-1. The van der Waals surface area contributed by atoms with Crippen LogP contribution in [0.5, 0.6) is 0 Å². The maximum absolute atomic E-state index is 9.90. The number of hydrogen-bond acceptors (Lipinski definition) is 1. The molecule has 1 rings (SSSR count). The average Bonchev–Trinajstić information content (AvgIpc) is 1.30. The molecule has 30 valence electrons. The summed E-state index contributed by atoms with van der Waals surface area (Å²) in [5, 5.41) is 0. The Morgan fingerprint density at radius 2 is 1.83 bits per heavy atom. The van der Waals surface area contributed by atoms with E-state index < -0.39 is 0 Å². The number of Topliss-reactive ketones (excluding diaryl/α,β-unsaturated/α-hetero) is 1. The average molecular weight is 94.1 g/mol. The van der Waals surface area contributed by atoms with Crippen molar-refractivity contribution in [3.63, 3.8) is 0 Å². The van der Waals surface area contributed by atoms with Gasteiger partial charge in [0.2, 0.25) is 0 Å². The number of ketones is 1. The number of rotatable bonds is 0. The normalized spacial score (nSPS) is 18.3. The summed E-state index contributed by atoms with van der Waals surface area (Å²) in [6.45, 7) is 0. The van der Waals surface area contributed by atoms with Gasteiger partial charge in [0.25, 0.3) is 0 Å². The SMILES string of the molecule is O=C1CCC1.[H-].[Na+]. The van der Waals surface area contributed by atoms with Crippen LogP contribution < -0.4 is 29.6 Å². The van der Waals surface area contributed by atoms with Gasteiger partial charge in [-0.1, -0.05) is 0 Å². The summed E-state index contributed by atoms with van der Waals surface area (Å²) < 4.78 is 0. The molecule has 0 aromatic rings. The number of carbonyl (C=O) groups excluding carboxylic acids is 1. The van der Waals surface area contributed by atoms with Gasteiger partial charge in [-0.05, 0) is 6.42 Å². The third kappa shape index (κ3) is 1.41. The summed E-state index contributed by atoms with van der Waals surface area (Å²) in [5.41, 5.74) is 0. The van der Waals surface area contributed by atoms with Crippen LogP contribution in [0.4, 0.5) is 0 Å². The van der Waals surface area contributed by atoms with Crippen LogP contribution in [-0.4, -0.2) is 5.78 Å². The molecule has 0 aromatic heterocycles. The predicted octanol–water partition coefficient (Wildman–Crippen LogP) is -2.14. The molecule has 0 N–H and O–H groups in total. The van der Waals surface area contributed by atoms with E-state index in [1.54, 1.807) is 0 Å². The largest absolute Gasteiger partial charge is 1.00 e. The number of carbonyl (C=O) groups is 1. The Balaban J connectivity index is 0. The first-order valence-electron chi connectivity index (χ1n) is 1.91. The van der Waals surface area contributed by atoms with Crippen LogP contribution in [0.25, 0.3) is 0 Å². The molecule has 0 amide bonds. The maximum Gasteiger partial charge on any atom is 1.00 e. The fraction of sp³-hybridized carbons (Fsp3) is 0.750. The van der Waals surface area contributed by atoms with E-state index in [-0.39, 0.29) is 31.0 Å². The van der Waals surface area contributed by atoms with Crippen molar-refractivity contribution in [1.29, 1.82) is 0 Å². The zero-order chi connectivity index (χ0) is 3.70. The summed E-state index contributed by atoms with van der Waals surface area (Å²) in [6.07, 6.45) is 2.83. The molecule has 0 unspecified atom stereocenters. The van der Waals surface area contributed by atoms with E-state index in [0.29, 0.717) is 5.78 Å². The van der Waals surface area contributed by atoms with Crippen LogP contribution in [0.15, 0.2) is 0 Å². The van der Waals surface area contributed by atoms with Crippen molar-refractivity contribution in [3.8, 4) is 0 Å². The van der Waals surface area contributed by atoms with E-state index in [2.05, 4.69) is 0 Å².